The zero-order valence-electron chi connectivity index (χ0n) is 13.4. The number of nitro benzene ring substituents is 1. The van der Waals surface area contributed by atoms with Gasteiger partial charge in [0.05, 0.1) is 4.92 Å². The Morgan fingerprint density at radius 3 is 2.35 bits per heavy atom. The van der Waals surface area contributed by atoms with Gasteiger partial charge in [-0.15, -0.1) is 0 Å². The third-order valence-electron chi connectivity index (χ3n) is 3.42. The number of benzene rings is 1. The van der Waals surface area contributed by atoms with Gasteiger partial charge in [0.1, 0.15) is 6.04 Å². The topological polar surface area (TPSA) is 127 Å². The number of sulfonamides is 1. The molecule has 0 saturated heterocycles. The molecule has 1 atom stereocenters. The molecule has 0 amide bonds. The molecule has 1 aromatic carbocycles. The number of aryl methyl sites for hydroxylation is 1. The van der Waals surface area contributed by atoms with Gasteiger partial charge < -0.3 is 5.11 Å². The van der Waals surface area contributed by atoms with Gasteiger partial charge in [0.25, 0.3) is 5.69 Å². The molecule has 0 aliphatic heterocycles. The highest BCUT2D eigenvalue weighted by Crippen LogP contribution is 2.29. The van der Waals surface area contributed by atoms with Crippen LogP contribution in [-0.2, 0) is 14.8 Å². The van der Waals surface area contributed by atoms with Gasteiger partial charge in [-0.2, -0.15) is 4.72 Å². The number of hydrogen-bond acceptors (Lipinski definition) is 5. The second-order valence-corrected chi connectivity index (χ2v) is 7.41. The number of rotatable bonds is 7. The SMILES string of the molecule is Cc1ccc([N+](=O)[O-])c(S(=O)(=O)N[C@H](CC(C)C)C(=O)O)c1C. The summed E-state index contributed by atoms with van der Waals surface area (Å²) < 4.78 is 27.2. The normalized spacial score (nSPS) is 13.1. The summed E-state index contributed by atoms with van der Waals surface area (Å²) in [6.07, 6.45) is 0.0766. The molecule has 1 rings (SSSR count). The molecule has 0 heterocycles. The van der Waals surface area contributed by atoms with E-state index in [1.807, 2.05) is 0 Å². The molecule has 0 radical (unpaired) electrons. The predicted octanol–water partition coefficient (Wildman–Crippen LogP) is 1.99. The van der Waals surface area contributed by atoms with E-state index in [9.17, 15) is 28.4 Å². The van der Waals surface area contributed by atoms with Crippen LogP contribution in [0.2, 0.25) is 0 Å². The van der Waals surface area contributed by atoms with Crippen LogP contribution in [-0.4, -0.2) is 30.5 Å². The summed E-state index contributed by atoms with van der Waals surface area (Å²) in [5, 5.41) is 20.3. The van der Waals surface area contributed by atoms with Gasteiger partial charge in [-0.1, -0.05) is 19.9 Å². The van der Waals surface area contributed by atoms with Gasteiger partial charge in [-0.25, -0.2) is 8.42 Å². The molecule has 8 nitrogen and oxygen atoms in total. The zero-order valence-corrected chi connectivity index (χ0v) is 14.2. The van der Waals surface area contributed by atoms with E-state index < -0.39 is 37.5 Å². The molecule has 0 aliphatic carbocycles. The van der Waals surface area contributed by atoms with Gasteiger partial charge in [0.2, 0.25) is 10.0 Å². The quantitative estimate of drug-likeness (QED) is 0.575. The molecule has 1 aromatic rings. The lowest BCUT2D eigenvalue weighted by Crippen LogP contribution is -2.42. The number of nitro groups is 1. The van der Waals surface area contributed by atoms with E-state index in [1.54, 1.807) is 20.8 Å². The maximum Gasteiger partial charge on any atom is 0.321 e. The lowest BCUT2D eigenvalue weighted by atomic mass is 10.1. The smallest absolute Gasteiger partial charge is 0.321 e. The van der Waals surface area contributed by atoms with Crippen molar-refractivity contribution in [3.05, 3.63) is 33.4 Å². The van der Waals surface area contributed by atoms with Crippen molar-refractivity contribution < 1.29 is 23.2 Å². The van der Waals surface area contributed by atoms with Crippen molar-refractivity contribution in [2.75, 3.05) is 0 Å². The van der Waals surface area contributed by atoms with Gasteiger partial charge >= 0.3 is 5.97 Å². The molecule has 0 aromatic heterocycles. The van der Waals surface area contributed by atoms with Gasteiger partial charge in [0, 0.05) is 6.07 Å². The Hall–Kier alpha value is -2.00. The van der Waals surface area contributed by atoms with Crippen molar-refractivity contribution in [2.45, 2.75) is 45.1 Å². The first-order valence-electron chi connectivity index (χ1n) is 6.97. The molecule has 0 bridgehead atoms. The minimum Gasteiger partial charge on any atom is -0.480 e. The van der Waals surface area contributed by atoms with Crippen LogP contribution in [0, 0.1) is 29.9 Å². The molecule has 23 heavy (non-hydrogen) atoms. The molecule has 2 N–H and O–H groups in total. The van der Waals surface area contributed by atoms with Crippen LogP contribution < -0.4 is 4.72 Å². The third kappa shape index (κ3) is 4.49. The summed E-state index contributed by atoms with van der Waals surface area (Å²) in [5.41, 5.74) is 0.210. The van der Waals surface area contributed by atoms with Crippen LogP contribution in [0.25, 0.3) is 0 Å². The van der Waals surface area contributed by atoms with Crippen molar-refractivity contribution in [3.8, 4) is 0 Å². The highest BCUT2D eigenvalue weighted by molar-refractivity contribution is 7.89. The standard InChI is InChI=1S/C14H20N2O6S/c1-8(2)7-11(14(17)18)15-23(21,22)13-10(4)9(3)5-6-12(13)16(19)20/h5-6,8,11,15H,7H2,1-4H3,(H,17,18)/t11-/m1/s1. The van der Waals surface area contributed by atoms with E-state index in [0.717, 1.165) is 6.07 Å². The molecule has 9 heteroatoms. The Balaban J connectivity index is 3.41. The fourth-order valence-corrected chi connectivity index (χ4v) is 3.85. The predicted molar refractivity (Wildman–Crippen MR) is 83.8 cm³/mol. The Labute approximate surface area is 134 Å². The number of carboxylic acid groups (broad SMARTS) is 1. The highest BCUT2D eigenvalue weighted by Gasteiger charge is 2.33. The lowest BCUT2D eigenvalue weighted by molar-refractivity contribution is -0.387. The first kappa shape index (κ1) is 19.0. The van der Waals surface area contributed by atoms with Crippen LogP contribution >= 0.6 is 0 Å². The fourth-order valence-electron chi connectivity index (χ4n) is 2.18. The van der Waals surface area contributed by atoms with Crippen molar-refractivity contribution in [3.63, 3.8) is 0 Å². The average Bonchev–Trinajstić information content (AvgIpc) is 2.39. The van der Waals surface area contributed by atoms with E-state index in [4.69, 9.17) is 0 Å². The Morgan fingerprint density at radius 2 is 1.91 bits per heavy atom. The molecule has 0 spiro atoms. The van der Waals surface area contributed by atoms with Crippen LogP contribution in [0.4, 0.5) is 5.69 Å². The monoisotopic (exact) mass is 344 g/mol. The fraction of sp³-hybridized carbons (Fsp3) is 0.500. The number of nitrogens with zero attached hydrogens (tertiary/aromatic N) is 1. The number of aliphatic carboxylic acids is 1. The minimum atomic E-state index is -4.35. The lowest BCUT2D eigenvalue weighted by Gasteiger charge is -2.18. The molecular weight excluding hydrogens is 324 g/mol. The molecule has 0 saturated carbocycles. The second-order valence-electron chi connectivity index (χ2n) is 5.75. The summed E-state index contributed by atoms with van der Waals surface area (Å²) in [5.74, 6) is -1.39. The second kappa shape index (κ2) is 7.05. The first-order chi connectivity index (χ1) is 10.5. The number of hydrogen-bond donors (Lipinski definition) is 2. The van der Waals surface area contributed by atoms with Crippen LogP contribution in [0.15, 0.2) is 17.0 Å². The molecule has 0 fully saturated rings. The van der Waals surface area contributed by atoms with Gasteiger partial charge in [-0.3, -0.25) is 14.9 Å². The van der Waals surface area contributed by atoms with E-state index in [-0.39, 0.29) is 17.9 Å². The van der Waals surface area contributed by atoms with Gasteiger partial charge in [-0.05, 0) is 37.3 Å². The van der Waals surface area contributed by atoms with Gasteiger partial charge in [0.15, 0.2) is 4.90 Å². The summed E-state index contributed by atoms with van der Waals surface area (Å²) >= 11 is 0. The third-order valence-corrected chi connectivity index (χ3v) is 5.07. The molecular formula is C14H20N2O6S. The summed E-state index contributed by atoms with van der Waals surface area (Å²) in [6.45, 7) is 6.59. The summed E-state index contributed by atoms with van der Waals surface area (Å²) in [4.78, 5) is 21.1. The first-order valence-corrected chi connectivity index (χ1v) is 8.45. The van der Waals surface area contributed by atoms with Crippen LogP contribution in [0.5, 0.6) is 0 Å². The van der Waals surface area contributed by atoms with Crippen molar-refractivity contribution in [1.82, 2.24) is 4.72 Å². The minimum absolute atomic E-state index is 0.0626. The van der Waals surface area contributed by atoms with E-state index in [2.05, 4.69) is 4.72 Å². The van der Waals surface area contributed by atoms with Crippen molar-refractivity contribution in [2.24, 2.45) is 5.92 Å². The maximum atomic E-state index is 12.5. The van der Waals surface area contributed by atoms with Crippen molar-refractivity contribution in [1.29, 1.82) is 0 Å². The van der Waals surface area contributed by atoms with E-state index in [1.165, 1.54) is 13.0 Å². The largest absolute Gasteiger partial charge is 0.480 e. The van der Waals surface area contributed by atoms with Crippen molar-refractivity contribution >= 4 is 21.7 Å². The summed E-state index contributed by atoms with van der Waals surface area (Å²) in [6, 6.07) is 1.21. The number of carboxylic acids is 1. The Bertz CT molecular complexity index is 727. The molecule has 0 unspecified atom stereocenters. The summed E-state index contributed by atoms with van der Waals surface area (Å²) in [7, 11) is -4.35. The Kier molecular flexibility index (Phi) is 5.84. The number of nitrogens with one attached hydrogen (secondary N) is 1. The molecule has 0 aliphatic rings. The van der Waals surface area contributed by atoms with E-state index in [0.29, 0.717) is 5.56 Å². The highest BCUT2D eigenvalue weighted by atomic mass is 32.2. The van der Waals surface area contributed by atoms with Crippen LogP contribution in [0.1, 0.15) is 31.4 Å². The zero-order chi connectivity index (χ0) is 17.9. The Morgan fingerprint density at radius 1 is 1.35 bits per heavy atom. The maximum absolute atomic E-state index is 12.5. The van der Waals surface area contributed by atoms with Crippen LogP contribution in [0.3, 0.4) is 0 Å². The molecule has 128 valence electrons. The number of carbonyl (C=O) groups is 1. The average molecular weight is 344 g/mol. The van der Waals surface area contributed by atoms with E-state index >= 15 is 0 Å².